The van der Waals surface area contributed by atoms with Gasteiger partial charge in [-0.15, -0.1) is 0 Å². The number of nitrogens with two attached hydrogens (primary N) is 1. The molecule has 1 aromatic rings. The molecule has 3 rings (SSSR count). The van der Waals surface area contributed by atoms with Crippen molar-refractivity contribution in [3.63, 3.8) is 0 Å². The zero-order valence-electron chi connectivity index (χ0n) is 12.4. The van der Waals surface area contributed by atoms with E-state index in [-0.39, 0.29) is 11.5 Å². The smallest absolute Gasteiger partial charge is 0.0617 e. The molecule has 20 heavy (non-hydrogen) atoms. The molecule has 1 atom stereocenters. The highest BCUT2D eigenvalue weighted by Gasteiger charge is 2.42. The Morgan fingerprint density at radius 3 is 2.25 bits per heavy atom. The lowest BCUT2D eigenvalue weighted by molar-refractivity contribution is 0.0133. The Bertz CT molecular complexity index is 425. The van der Waals surface area contributed by atoms with Crippen LogP contribution in [0.4, 0.5) is 0 Å². The topological polar surface area (TPSA) is 46.2 Å². The number of hydrogen-bond donors (Lipinski definition) is 2. The van der Waals surface area contributed by atoms with Gasteiger partial charge in [-0.05, 0) is 36.3 Å². The molecule has 0 bridgehead atoms. The zero-order chi connectivity index (χ0) is 14.0. The lowest BCUT2D eigenvalue weighted by Crippen LogP contribution is -2.43. The van der Waals surface area contributed by atoms with Crippen molar-refractivity contribution < 1.29 is 5.11 Å². The van der Waals surface area contributed by atoms with Crippen molar-refractivity contribution >= 4 is 0 Å². The molecule has 2 aliphatic rings. The second kappa shape index (κ2) is 5.87. The van der Waals surface area contributed by atoms with E-state index < -0.39 is 0 Å². The molecule has 2 heteroatoms. The van der Waals surface area contributed by atoms with Crippen LogP contribution in [0, 0.1) is 11.3 Å². The Morgan fingerprint density at radius 1 is 1.10 bits per heavy atom. The van der Waals surface area contributed by atoms with Crippen LogP contribution in [0.25, 0.3) is 0 Å². The lowest BCUT2D eigenvalue weighted by atomic mass is 9.73. The number of aliphatic hydroxyl groups is 1. The highest BCUT2D eigenvalue weighted by atomic mass is 16.3. The van der Waals surface area contributed by atoms with E-state index >= 15 is 0 Å². The predicted molar refractivity (Wildman–Crippen MR) is 82.5 cm³/mol. The largest absolute Gasteiger partial charge is 0.392 e. The molecule has 1 fully saturated rings. The molecule has 0 aromatic heterocycles. The SMILES string of the molecule is NCC1(C(O)CC2CCCCC2)Cc2ccccc2C1. The second-order valence-corrected chi connectivity index (χ2v) is 6.94. The summed E-state index contributed by atoms with van der Waals surface area (Å²) in [6.45, 7) is 0.593. The first-order valence-electron chi connectivity index (χ1n) is 8.18. The Morgan fingerprint density at radius 2 is 1.70 bits per heavy atom. The highest BCUT2D eigenvalue weighted by Crippen LogP contribution is 2.42. The second-order valence-electron chi connectivity index (χ2n) is 6.94. The average molecular weight is 273 g/mol. The van der Waals surface area contributed by atoms with Gasteiger partial charge in [0.15, 0.2) is 0 Å². The summed E-state index contributed by atoms with van der Waals surface area (Å²) in [5, 5.41) is 10.8. The van der Waals surface area contributed by atoms with Crippen molar-refractivity contribution in [3.8, 4) is 0 Å². The summed E-state index contributed by atoms with van der Waals surface area (Å²) in [6, 6.07) is 8.58. The van der Waals surface area contributed by atoms with Crippen molar-refractivity contribution in [2.24, 2.45) is 17.1 Å². The van der Waals surface area contributed by atoms with Crippen molar-refractivity contribution in [2.75, 3.05) is 6.54 Å². The summed E-state index contributed by atoms with van der Waals surface area (Å²) in [5.74, 6) is 0.714. The van der Waals surface area contributed by atoms with Crippen LogP contribution in [0.3, 0.4) is 0 Å². The summed E-state index contributed by atoms with van der Waals surface area (Å²) < 4.78 is 0. The summed E-state index contributed by atoms with van der Waals surface area (Å²) in [4.78, 5) is 0. The van der Waals surface area contributed by atoms with E-state index in [1.54, 1.807) is 0 Å². The quantitative estimate of drug-likeness (QED) is 0.885. The maximum atomic E-state index is 10.8. The van der Waals surface area contributed by atoms with E-state index in [2.05, 4.69) is 24.3 Å². The van der Waals surface area contributed by atoms with Gasteiger partial charge in [0, 0.05) is 12.0 Å². The third-order valence-electron chi connectivity index (χ3n) is 5.60. The number of fused-ring (bicyclic) bond motifs is 1. The van der Waals surface area contributed by atoms with Gasteiger partial charge >= 0.3 is 0 Å². The molecule has 2 nitrogen and oxygen atoms in total. The van der Waals surface area contributed by atoms with Crippen LogP contribution in [0.15, 0.2) is 24.3 Å². The molecule has 1 unspecified atom stereocenters. The Labute approximate surface area is 122 Å². The van der Waals surface area contributed by atoms with Crippen LogP contribution in [-0.2, 0) is 12.8 Å². The van der Waals surface area contributed by atoms with Crippen molar-refractivity contribution in [2.45, 2.75) is 57.5 Å². The van der Waals surface area contributed by atoms with Gasteiger partial charge in [-0.3, -0.25) is 0 Å². The minimum atomic E-state index is -0.247. The van der Waals surface area contributed by atoms with Gasteiger partial charge in [-0.2, -0.15) is 0 Å². The van der Waals surface area contributed by atoms with E-state index in [1.165, 1.54) is 43.2 Å². The van der Waals surface area contributed by atoms with Gasteiger partial charge in [0.25, 0.3) is 0 Å². The number of hydrogen-bond acceptors (Lipinski definition) is 2. The lowest BCUT2D eigenvalue weighted by Gasteiger charge is -2.36. The third-order valence-corrected chi connectivity index (χ3v) is 5.60. The summed E-state index contributed by atoms with van der Waals surface area (Å²) in [6.07, 6.45) is 9.25. The summed E-state index contributed by atoms with van der Waals surface area (Å²) in [7, 11) is 0. The molecule has 0 radical (unpaired) electrons. The molecule has 110 valence electrons. The van der Waals surface area contributed by atoms with Crippen LogP contribution < -0.4 is 5.73 Å². The van der Waals surface area contributed by atoms with Crippen LogP contribution in [-0.4, -0.2) is 17.8 Å². The first kappa shape index (κ1) is 14.1. The monoisotopic (exact) mass is 273 g/mol. The molecular formula is C18H27NO. The Balaban J connectivity index is 1.70. The molecule has 0 amide bonds. The number of benzene rings is 1. The molecule has 1 saturated carbocycles. The Kier molecular flexibility index (Phi) is 4.13. The maximum absolute atomic E-state index is 10.8. The molecule has 2 aliphatic carbocycles. The average Bonchev–Trinajstić information content (AvgIpc) is 2.88. The van der Waals surface area contributed by atoms with Crippen LogP contribution >= 0.6 is 0 Å². The van der Waals surface area contributed by atoms with E-state index in [0.717, 1.165) is 19.3 Å². The van der Waals surface area contributed by atoms with Gasteiger partial charge in [0.1, 0.15) is 0 Å². The van der Waals surface area contributed by atoms with E-state index in [9.17, 15) is 5.11 Å². The van der Waals surface area contributed by atoms with Crippen molar-refractivity contribution in [1.82, 2.24) is 0 Å². The minimum Gasteiger partial charge on any atom is -0.392 e. The molecule has 0 spiro atoms. The van der Waals surface area contributed by atoms with E-state index in [4.69, 9.17) is 5.73 Å². The molecule has 0 heterocycles. The van der Waals surface area contributed by atoms with Gasteiger partial charge in [0.05, 0.1) is 6.10 Å². The molecular weight excluding hydrogens is 246 g/mol. The zero-order valence-corrected chi connectivity index (χ0v) is 12.4. The fraction of sp³-hybridized carbons (Fsp3) is 0.667. The van der Waals surface area contributed by atoms with E-state index in [0.29, 0.717) is 12.5 Å². The molecule has 1 aromatic carbocycles. The first-order chi connectivity index (χ1) is 9.73. The summed E-state index contributed by atoms with van der Waals surface area (Å²) in [5.41, 5.74) is 8.76. The first-order valence-corrected chi connectivity index (χ1v) is 8.18. The molecule has 0 saturated heterocycles. The fourth-order valence-corrected chi connectivity index (χ4v) is 4.23. The highest BCUT2D eigenvalue weighted by molar-refractivity contribution is 5.35. The normalized spacial score (nSPS) is 23.5. The van der Waals surface area contributed by atoms with Crippen molar-refractivity contribution in [3.05, 3.63) is 35.4 Å². The Hall–Kier alpha value is -0.860. The standard InChI is InChI=1S/C18H27NO/c19-13-18(11-15-8-4-5-9-16(15)12-18)17(20)10-14-6-2-1-3-7-14/h4-5,8-9,14,17,20H,1-3,6-7,10-13,19H2. The van der Waals surface area contributed by atoms with Crippen LogP contribution in [0.5, 0.6) is 0 Å². The van der Waals surface area contributed by atoms with Crippen LogP contribution in [0.1, 0.15) is 49.7 Å². The van der Waals surface area contributed by atoms with Gasteiger partial charge < -0.3 is 10.8 Å². The fourth-order valence-electron chi connectivity index (χ4n) is 4.23. The number of aliphatic hydroxyl groups excluding tert-OH is 1. The molecule has 0 aliphatic heterocycles. The van der Waals surface area contributed by atoms with Gasteiger partial charge in [0.2, 0.25) is 0 Å². The molecule has 3 N–H and O–H groups in total. The van der Waals surface area contributed by atoms with E-state index in [1.807, 2.05) is 0 Å². The van der Waals surface area contributed by atoms with Gasteiger partial charge in [-0.1, -0.05) is 56.4 Å². The third kappa shape index (κ3) is 2.64. The minimum absolute atomic E-state index is 0.110. The van der Waals surface area contributed by atoms with Crippen LogP contribution in [0.2, 0.25) is 0 Å². The maximum Gasteiger partial charge on any atom is 0.0617 e. The summed E-state index contributed by atoms with van der Waals surface area (Å²) >= 11 is 0. The van der Waals surface area contributed by atoms with Gasteiger partial charge in [-0.25, -0.2) is 0 Å². The number of rotatable bonds is 4. The van der Waals surface area contributed by atoms with Crippen molar-refractivity contribution in [1.29, 1.82) is 0 Å². The predicted octanol–water partition coefficient (Wildman–Crippen LogP) is 3.06.